The maximum Gasteiger partial charge on any atom is 0.271 e. The quantitative estimate of drug-likeness (QED) is 0.603. The predicted octanol–water partition coefficient (Wildman–Crippen LogP) is 1.34. The lowest BCUT2D eigenvalue weighted by Crippen LogP contribution is -2.40. The van der Waals surface area contributed by atoms with Gasteiger partial charge in [-0.2, -0.15) is 14.7 Å². The van der Waals surface area contributed by atoms with Gasteiger partial charge in [-0.25, -0.2) is 13.8 Å². The first kappa shape index (κ1) is 19.7. The van der Waals surface area contributed by atoms with E-state index in [0.29, 0.717) is 24.3 Å². The van der Waals surface area contributed by atoms with Crippen molar-refractivity contribution in [2.45, 2.75) is 4.90 Å². The molecule has 1 aliphatic heterocycles. The van der Waals surface area contributed by atoms with E-state index in [2.05, 4.69) is 10.5 Å². The minimum Gasteiger partial charge on any atom is -0.379 e. The molecule has 0 spiro atoms. The van der Waals surface area contributed by atoms with Gasteiger partial charge in [0.25, 0.3) is 5.91 Å². The summed E-state index contributed by atoms with van der Waals surface area (Å²) in [6, 6.07) is 14.5. The summed E-state index contributed by atoms with van der Waals surface area (Å²) in [4.78, 5) is 12.3. The molecule has 3 rings (SSSR count). The summed E-state index contributed by atoms with van der Waals surface area (Å²) in [5, 5.41) is 12.6. The van der Waals surface area contributed by atoms with Crippen molar-refractivity contribution in [3.05, 3.63) is 65.2 Å². The van der Waals surface area contributed by atoms with Gasteiger partial charge in [-0.05, 0) is 35.9 Å². The number of nitriles is 1. The Morgan fingerprint density at radius 3 is 2.57 bits per heavy atom. The highest BCUT2D eigenvalue weighted by Gasteiger charge is 2.26. The SMILES string of the molecule is N#Cc1ccc(/C=N/NC(=O)c2cccc(S(=O)(=O)N3CCOCC3)c2)cc1. The molecule has 1 aliphatic rings. The summed E-state index contributed by atoms with van der Waals surface area (Å²) >= 11 is 0. The standard InChI is InChI=1S/C19H18N4O4S/c20-13-15-4-6-16(7-5-15)14-21-22-19(24)17-2-1-3-18(12-17)28(25,26)23-8-10-27-11-9-23/h1-7,12,14H,8-11H2,(H,22,24)/b21-14+. The summed E-state index contributed by atoms with van der Waals surface area (Å²) in [5.74, 6) is -0.524. The van der Waals surface area contributed by atoms with Gasteiger partial charge >= 0.3 is 0 Å². The van der Waals surface area contributed by atoms with E-state index in [9.17, 15) is 13.2 Å². The fourth-order valence-corrected chi connectivity index (χ4v) is 4.06. The van der Waals surface area contributed by atoms with Crippen LogP contribution in [0.4, 0.5) is 0 Å². The lowest BCUT2D eigenvalue weighted by atomic mass is 10.2. The van der Waals surface area contributed by atoms with Crippen molar-refractivity contribution in [3.63, 3.8) is 0 Å². The number of rotatable bonds is 5. The molecule has 144 valence electrons. The summed E-state index contributed by atoms with van der Waals surface area (Å²) in [5.41, 5.74) is 3.80. The van der Waals surface area contributed by atoms with Crippen LogP contribution in [0.3, 0.4) is 0 Å². The van der Waals surface area contributed by atoms with Gasteiger partial charge in [0.05, 0.1) is 36.0 Å². The smallest absolute Gasteiger partial charge is 0.271 e. The molecule has 0 atom stereocenters. The highest BCUT2D eigenvalue weighted by molar-refractivity contribution is 7.89. The van der Waals surface area contributed by atoms with Crippen molar-refractivity contribution >= 4 is 22.1 Å². The van der Waals surface area contributed by atoms with E-state index in [1.807, 2.05) is 6.07 Å². The van der Waals surface area contributed by atoms with Gasteiger partial charge in [0.15, 0.2) is 0 Å². The molecule has 28 heavy (non-hydrogen) atoms. The van der Waals surface area contributed by atoms with Crippen LogP contribution in [0, 0.1) is 11.3 Å². The average Bonchev–Trinajstić information content (AvgIpc) is 2.75. The van der Waals surface area contributed by atoms with E-state index >= 15 is 0 Å². The van der Waals surface area contributed by atoms with Gasteiger partial charge in [-0.3, -0.25) is 4.79 Å². The summed E-state index contributed by atoms with van der Waals surface area (Å²) in [6.07, 6.45) is 1.44. The molecule has 2 aromatic carbocycles. The summed E-state index contributed by atoms with van der Waals surface area (Å²) in [6.45, 7) is 1.27. The Morgan fingerprint density at radius 2 is 1.89 bits per heavy atom. The number of hydrazone groups is 1. The Morgan fingerprint density at radius 1 is 1.18 bits per heavy atom. The second kappa shape index (κ2) is 8.75. The summed E-state index contributed by atoms with van der Waals surface area (Å²) in [7, 11) is -3.68. The van der Waals surface area contributed by atoms with Crippen LogP contribution in [0.5, 0.6) is 0 Å². The normalized spacial score (nSPS) is 15.2. The third-order valence-electron chi connectivity index (χ3n) is 4.12. The second-order valence-corrected chi connectivity index (χ2v) is 7.92. The number of ether oxygens (including phenoxy) is 1. The lowest BCUT2D eigenvalue weighted by Gasteiger charge is -2.26. The van der Waals surface area contributed by atoms with Crippen LogP contribution < -0.4 is 5.43 Å². The molecule has 0 aromatic heterocycles. The van der Waals surface area contributed by atoms with Crippen molar-refractivity contribution in [2.24, 2.45) is 5.10 Å². The number of morpholine rings is 1. The Labute approximate surface area is 163 Å². The fraction of sp³-hybridized carbons (Fsp3) is 0.211. The second-order valence-electron chi connectivity index (χ2n) is 5.98. The van der Waals surface area contributed by atoms with Crippen molar-refractivity contribution in [3.8, 4) is 6.07 Å². The highest BCUT2D eigenvalue weighted by atomic mass is 32.2. The van der Waals surface area contributed by atoms with Crippen LogP contribution in [0.2, 0.25) is 0 Å². The van der Waals surface area contributed by atoms with Crippen LogP contribution in [0.1, 0.15) is 21.5 Å². The Hall–Kier alpha value is -3.06. The number of amides is 1. The highest BCUT2D eigenvalue weighted by Crippen LogP contribution is 2.18. The summed E-state index contributed by atoms with van der Waals surface area (Å²) < 4.78 is 31.9. The maximum atomic E-state index is 12.7. The van der Waals surface area contributed by atoms with E-state index < -0.39 is 15.9 Å². The number of nitrogens with one attached hydrogen (secondary N) is 1. The minimum atomic E-state index is -3.68. The topological polar surface area (TPSA) is 112 Å². The largest absolute Gasteiger partial charge is 0.379 e. The minimum absolute atomic E-state index is 0.0538. The Kier molecular flexibility index (Phi) is 6.16. The fourth-order valence-electron chi connectivity index (χ4n) is 2.61. The molecule has 1 N–H and O–H groups in total. The van der Waals surface area contributed by atoms with E-state index in [1.165, 1.54) is 34.8 Å². The van der Waals surface area contributed by atoms with Crippen LogP contribution >= 0.6 is 0 Å². The molecule has 0 aliphatic carbocycles. The molecule has 1 fully saturated rings. The monoisotopic (exact) mass is 398 g/mol. The van der Waals surface area contributed by atoms with Crippen molar-refractivity contribution < 1.29 is 17.9 Å². The van der Waals surface area contributed by atoms with E-state index in [0.717, 1.165) is 0 Å². The predicted molar refractivity (Wildman–Crippen MR) is 102 cm³/mol. The maximum absolute atomic E-state index is 12.7. The van der Waals surface area contributed by atoms with Crippen LogP contribution in [0.25, 0.3) is 0 Å². The van der Waals surface area contributed by atoms with Crippen molar-refractivity contribution in [2.75, 3.05) is 26.3 Å². The number of nitrogens with zero attached hydrogens (tertiary/aromatic N) is 3. The van der Waals surface area contributed by atoms with E-state index in [-0.39, 0.29) is 23.5 Å². The molecular weight excluding hydrogens is 380 g/mol. The molecule has 0 radical (unpaired) electrons. The zero-order valence-corrected chi connectivity index (χ0v) is 15.7. The Balaban J connectivity index is 1.69. The average molecular weight is 398 g/mol. The third-order valence-corrected chi connectivity index (χ3v) is 6.02. The molecule has 1 amide bonds. The van der Waals surface area contributed by atoms with Gasteiger partial charge in [0.2, 0.25) is 10.0 Å². The number of benzene rings is 2. The first-order valence-corrected chi connectivity index (χ1v) is 9.96. The van der Waals surface area contributed by atoms with Gasteiger partial charge in [-0.15, -0.1) is 0 Å². The van der Waals surface area contributed by atoms with Crippen LogP contribution in [-0.2, 0) is 14.8 Å². The van der Waals surface area contributed by atoms with Gasteiger partial charge in [0.1, 0.15) is 0 Å². The lowest BCUT2D eigenvalue weighted by molar-refractivity contribution is 0.0730. The first-order chi connectivity index (χ1) is 13.5. The molecule has 2 aromatic rings. The number of carbonyl (C=O) groups is 1. The first-order valence-electron chi connectivity index (χ1n) is 8.52. The molecule has 8 nitrogen and oxygen atoms in total. The van der Waals surface area contributed by atoms with Crippen LogP contribution in [-0.4, -0.2) is 51.1 Å². The number of sulfonamides is 1. The van der Waals surface area contributed by atoms with Gasteiger partial charge in [0, 0.05) is 18.7 Å². The van der Waals surface area contributed by atoms with Crippen LogP contribution in [0.15, 0.2) is 58.5 Å². The molecule has 0 unspecified atom stereocenters. The zero-order valence-electron chi connectivity index (χ0n) is 14.9. The van der Waals surface area contributed by atoms with Crippen molar-refractivity contribution in [1.29, 1.82) is 5.26 Å². The number of hydrogen-bond acceptors (Lipinski definition) is 6. The molecule has 9 heteroatoms. The number of hydrogen-bond donors (Lipinski definition) is 1. The van der Waals surface area contributed by atoms with Crippen molar-refractivity contribution in [1.82, 2.24) is 9.73 Å². The molecule has 1 saturated heterocycles. The van der Waals surface area contributed by atoms with E-state index in [4.69, 9.17) is 10.00 Å². The molecule has 0 saturated carbocycles. The number of carbonyl (C=O) groups excluding carboxylic acids is 1. The molecule has 0 bridgehead atoms. The molecular formula is C19H18N4O4S. The molecule has 1 heterocycles. The van der Waals surface area contributed by atoms with Gasteiger partial charge < -0.3 is 4.74 Å². The zero-order chi connectivity index (χ0) is 20.0. The van der Waals surface area contributed by atoms with Gasteiger partial charge in [-0.1, -0.05) is 18.2 Å². The van der Waals surface area contributed by atoms with E-state index in [1.54, 1.807) is 24.3 Å². The Bertz CT molecular complexity index is 1020. The third kappa shape index (κ3) is 4.61.